The summed E-state index contributed by atoms with van der Waals surface area (Å²) < 4.78 is 19.3. The number of rotatable bonds is 4. The maximum absolute atomic E-state index is 12.9. The summed E-state index contributed by atoms with van der Waals surface area (Å²) in [7, 11) is 0. The summed E-state index contributed by atoms with van der Waals surface area (Å²) >= 11 is 3.42. The third kappa shape index (κ3) is 4.06. The van der Waals surface area contributed by atoms with Crippen LogP contribution in [-0.4, -0.2) is 53.6 Å². The number of nitrogens with zero attached hydrogens (tertiary/aromatic N) is 4. The molecule has 1 aliphatic rings. The van der Waals surface area contributed by atoms with Gasteiger partial charge in [0.15, 0.2) is 6.61 Å². The second kappa shape index (κ2) is 8.10. The highest BCUT2D eigenvalue weighted by atomic mass is 79.9. The lowest BCUT2D eigenvalue weighted by molar-refractivity contribution is -0.133. The summed E-state index contributed by atoms with van der Waals surface area (Å²) in [6.45, 7) is 2.57. The molecule has 0 atom stereocenters. The summed E-state index contributed by atoms with van der Waals surface area (Å²) in [6.07, 6.45) is 3.54. The molecule has 4 rings (SSSR count). The average Bonchev–Trinajstić information content (AvgIpc) is 2.72. The number of amides is 1. The van der Waals surface area contributed by atoms with Crippen LogP contribution in [0.2, 0.25) is 0 Å². The first-order valence-corrected chi connectivity index (χ1v) is 9.71. The Labute approximate surface area is 170 Å². The molecule has 3 heterocycles. The number of piperazine rings is 1. The first-order valence-electron chi connectivity index (χ1n) is 8.91. The Morgan fingerprint density at radius 3 is 2.61 bits per heavy atom. The van der Waals surface area contributed by atoms with E-state index in [0.717, 1.165) is 21.2 Å². The van der Waals surface area contributed by atoms with Crippen molar-refractivity contribution in [2.24, 2.45) is 0 Å². The smallest absolute Gasteiger partial charge is 0.260 e. The number of fused-ring (bicyclic) bond motifs is 1. The van der Waals surface area contributed by atoms with Gasteiger partial charge in [-0.1, -0.05) is 0 Å². The minimum atomic E-state index is -0.333. The number of carbonyl (C=O) groups is 1. The molecule has 144 valence electrons. The highest BCUT2D eigenvalue weighted by Gasteiger charge is 2.23. The largest absolute Gasteiger partial charge is 0.484 e. The van der Waals surface area contributed by atoms with E-state index < -0.39 is 0 Å². The SMILES string of the molecule is O=C(COc1ccc(F)cc1)N1CCN(c2ccnc3cc(Br)cnc23)CC1. The Morgan fingerprint density at radius 2 is 1.86 bits per heavy atom. The molecule has 0 aliphatic carbocycles. The number of benzene rings is 1. The lowest BCUT2D eigenvalue weighted by atomic mass is 10.2. The minimum absolute atomic E-state index is 0.0561. The predicted molar refractivity (Wildman–Crippen MR) is 108 cm³/mol. The highest BCUT2D eigenvalue weighted by Crippen LogP contribution is 2.26. The van der Waals surface area contributed by atoms with Crippen LogP contribution in [0.25, 0.3) is 11.0 Å². The van der Waals surface area contributed by atoms with Gasteiger partial charge in [-0.3, -0.25) is 14.8 Å². The van der Waals surface area contributed by atoms with Crippen LogP contribution in [-0.2, 0) is 4.79 Å². The number of ether oxygens (including phenoxy) is 1. The molecule has 3 aromatic rings. The molecule has 0 N–H and O–H groups in total. The van der Waals surface area contributed by atoms with Gasteiger partial charge in [-0.2, -0.15) is 0 Å². The van der Waals surface area contributed by atoms with E-state index in [1.165, 1.54) is 24.3 Å². The Balaban J connectivity index is 1.37. The zero-order valence-electron chi connectivity index (χ0n) is 15.0. The zero-order valence-corrected chi connectivity index (χ0v) is 16.6. The van der Waals surface area contributed by atoms with Crippen molar-refractivity contribution in [3.8, 4) is 5.75 Å². The monoisotopic (exact) mass is 444 g/mol. The molecule has 0 bridgehead atoms. The molecule has 1 aromatic carbocycles. The second-order valence-electron chi connectivity index (χ2n) is 6.46. The molecule has 1 aliphatic heterocycles. The van der Waals surface area contributed by atoms with Crippen molar-refractivity contribution < 1.29 is 13.9 Å². The van der Waals surface area contributed by atoms with Crippen LogP contribution in [0.3, 0.4) is 0 Å². The summed E-state index contributed by atoms with van der Waals surface area (Å²) in [6, 6.07) is 9.55. The fraction of sp³-hybridized carbons (Fsp3) is 0.250. The predicted octanol–water partition coefficient (Wildman–Crippen LogP) is 3.26. The molecule has 0 unspecified atom stereocenters. The van der Waals surface area contributed by atoms with Crippen LogP contribution in [0.5, 0.6) is 5.75 Å². The molecular weight excluding hydrogens is 427 g/mol. The van der Waals surface area contributed by atoms with Crippen molar-refractivity contribution >= 4 is 38.6 Å². The molecule has 28 heavy (non-hydrogen) atoms. The van der Waals surface area contributed by atoms with Crippen LogP contribution >= 0.6 is 15.9 Å². The van der Waals surface area contributed by atoms with Crippen LogP contribution in [0.4, 0.5) is 10.1 Å². The molecule has 8 heteroatoms. The van der Waals surface area contributed by atoms with E-state index in [1.54, 1.807) is 17.3 Å². The summed E-state index contributed by atoms with van der Waals surface area (Å²) in [5, 5.41) is 0. The number of aromatic nitrogens is 2. The minimum Gasteiger partial charge on any atom is -0.484 e. The number of anilines is 1. The second-order valence-corrected chi connectivity index (χ2v) is 7.38. The number of pyridine rings is 2. The molecule has 1 saturated heterocycles. The zero-order chi connectivity index (χ0) is 19.5. The summed E-state index contributed by atoms with van der Waals surface area (Å²) in [5.74, 6) is 0.0692. The Kier molecular flexibility index (Phi) is 5.38. The van der Waals surface area contributed by atoms with E-state index in [-0.39, 0.29) is 18.3 Å². The molecule has 1 fully saturated rings. The van der Waals surface area contributed by atoms with Crippen LogP contribution in [0.1, 0.15) is 0 Å². The number of halogens is 2. The normalized spacial score (nSPS) is 14.4. The molecule has 0 spiro atoms. The van der Waals surface area contributed by atoms with E-state index in [0.29, 0.717) is 31.9 Å². The van der Waals surface area contributed by atoms with Crippen molar-refractivity contribution in [1.82, 2.24) is 14.9 Å². The maximum Gasteiger partial charge on any atom is 0.260 e. The van der Waals surface area contributed by atoms with Crippen LogP contribution in [0, 0.1) is 5.82 Å². The first-order chi connectivity index (χ1) is 13.6. The fourth-order valence-corrected chi connectivity index (χ4v) is 3.53. The van der Waals surface area contributed by atoms with Gasteiger partial charge in [0.05, 0.1) is 11.2 Å². The Bertz CT molecular complexity index is 991. The van der Waals surface area contributed by atoms with Gasteiger partial charge in [0.25, 0.3) is 5.91 Å². The van der Waals surface area contributed by atoms with Gasteiger partial charge in [0, 0.05) is 43.0 Å². The van der Waals surface area contributed by atoms with Gasteiger partial charge in [-0.15, -0.1) is 0 Å². The average molecular weight is 445 g/mol. The fourth-order valence-electron chi connectivity index (χ4n) is 3.21. The lowest BCUT2D eigenvalue weighted by Gasteiger charge is -2.36. The van der Waals surface area contributed by atoms with E-state index in [1.807, 2.05) is 12.1 Å². The van der Waals surface area contributed by atoms with Crippen molar-refractivity contribution in [2.75, 3.05) is 37.7 Å². The van der Waals surface area contributed by atoms with Gasteiger partial charge < -0.3 is 14.5 Å². The molecule has 0 saturated carbocycles. The van der Waals surface area contributed by atoms with E-state index in [4.69, 9.17) is 4.74 Å². The molecule has 0 radical (unpaired) electrons. The van der Waals surface area contributed by atoms with E-state index in [2.05, 4.69) is 30.8 Å². The molecule has 1 amide bonds. The van der Waals surface area contributed by atoms with E-state index in [9.17, 15) is 9.18 Å². The van der Waals surface area contributed by atoms with Crippen molar-refractivity contribution in [2.45, 2.75) is 0 Å². The van der Waals surface area contributed by atoms with Gasteiger partial charge in [-0.25, -0.2) is 4.39 Å². The van der Waals surface area contributed by atoms with Gasteiger partial charge in [-0.05, 0) is 52.3 Å². The van der Waals surface area contributed by atoms with Crippen LogP contribution in [0.15, 0.2) is 53.3 Å². The lowest BCUT2D eigenvalue weighted by Crippen LogP contribution is -2.50. The Morgan fingerprint density at radius 1 is 1.11 bits per heavy atom. The first kappa shape index (κ1) is 18.6. The summed E-state index contributed by atoms with van der Waals surface area (Å²) in [5.41, 5.74) is 2.70. The van der Waals surface area contributed by atoms with Crippen molar-refractivity contribution in [1.29, 1.82) is 0 Å². The van der Waals surface area contributed by atoms with Gasteiger partial charge in [0.1, 0.15) is 17.1 Å². The van der Waals surface area contributed by atoms with Crippen molar-refractivity contribution in [3.63, 3.8) is 0 Å². The quantitative estimate of drug-likeness (QED) is 0.617. The molecule has 6 nitrogen and oxygen atoms in total. The topological polar surface area (TPSA) is 58.6 Å². The maximum atomic E-state index is 12.9. The van der Waals surface area contributed by atoms with E-state index >= 15 is 0 Å². The third-order valence-electron chi connectivity index (χ3n) is 4.67. The number of hydrogen-bond donors (Lipinski definition) is 0. The number of carbonyl (C=O) groups excluding carboxylic acids is 1. The van der Waals surface area contributed by atoms with Crippen LogP contribution < -0.4 is 9.64 Å². The Hall–Kier alpha value is -2.74. The summed E-state index contributed by atoms with van der Waals surface area (Å²) in [4.78, 5) is 25.3. The number of hydrogen-bond acceptors (Lipinski definition) is 5. The highest BCUT2D eigenvalue weighted by molar-refractivity contribution is 9.10. The molecule has 2 aromatic heterocycles. The molecular formula is C20H18BrFN4O2. The van der Waals surface area contributed by atoms with Gasteiger partial charge >= 0.3 is 0 Å². The van der Waals surface area contributed by atoms with Gasteiger partial charge in [0.2, 0.25) is 0 Å². The van der Waals surface area contributed by atoms with Crippen molar-refractivity contribution in [3.05, 3.63) is 59.1 Å². The third-order valence-corrected chi connectivity index (χ3v) is 5.11. The standard InChI is InChI=1S/C20H18BrFN4O2/c21-14-11-17-20(24-12-14)18(5-6-23-17)25-7-9-26(10-8-25)19(27)13-28-16-3-1-15(22)2-4-16/h1-6,11-12H,7-10,13H2.